The molecule has 0 spiro atoms. The first-order chi connectivity index (χ1) is 16.5. The Labute approximate surface area is 204 Å². The highest BCUT2D eigenvalue weighted by Crippen LogP contribution is 2.41. The second-order valence-corrected chi connectivity index (χ2v) is 9.39. The van der Waals surface area contributed by atoms with Crippen molar-refractivity contribution in [2.45, 2.75) is 32.1 Å². The average Bonchev–Trinajstić information content (AvgIpc) is 3.17. The number of hydrogen-bond acceptors (Lipinski definition) is 4. The van der Waals surface area contributed by atoms with Gasteiger partial charge in [0.25, 0.3) is 5.91 Å². The van der Waals surface area contributed by atoms with Crippen LogP contribution in [-0.4, -0.2) is 17.1 Å². The summed E-state index contributed by atoms with van der Waals surface area (Å²) in [5.74, 6) is -0.623. The molecule has 0 saturated carbocycles. The maximum absolute atomic E-state index is 13.5. The Bertz CT molecular complexity index is 1280. The number of aryl methyl sites for hydroxylation is 2. The van der Waals surface area contributed by atoms with Crippen LogP contribution in [0.15, 0.2) is 89.5 Å². The largest absolute Gasteiger partial charge is 0.347 e. The lowest BCUT2D eigenvalue weighted by Gasteiger charge is -2.18. The van der Waals surface area contributed by atoms with Crippen molar-refractivity contribution in [1.29, 1.82) is 5.26 Å². The van der Waals surface area contributed by atoms with Gasteiger partial charge in [0.1, 0.15) is 16.7 Å². The molecular formula is C28H25N3O2S. The third-order valence-electron chi connectivity index (χ3n) is 5.81. The molecule has 1 atom stereocenters. The third kappa shape index (κ3) is 5.05. The van der Waals surface area contributed by atoms with Crippen molar-refractivity contribution >= 4 is 29.3 Å². The molecule has 1 heterocycles. The summed E-state index contributed by atoms with van der Waals surface area (Å²) in [6.07, 6.45) is 0.516. The number of thioether (sulfide) groups is 1. The Kier molecular flexibility index (Phi) is 7.15. The smallest absolute Gasteiger partial charge is 0.264 e. The van der Waals surface area contributed by atoms with Gasteiger partial charge in [-0.1, -0.05) is 78.5 Å². The van der Waals surface area contributed by atoms with Gasteiger partial charge in [-0.25, -0.2) is 0 Å². The Morgan fingerprint density at radius 3 is 2.29 bits per heavy atom. The second kappa shape index (κ2) is 10.4. The number of nitriles is 1. The molecule has 2 amide bonds. The van der Waals surface area contributed by atoms with Crippen LogP contribution in [0.4, 0.5) is 5.69 Å². The molecule has 1 aliphatic rings. The van der Waals surface area contributed by atoms with Gasteiger partial charge >= 0.3 is 0 Å². The molecule has 5 nitrogen and oxygen atoms in total. The summed E-state index contributed by atoms with van der Waals surface area (Å²) in [6.45, 7) is 4.41. The van der Waals surface area contributed by atoms with Crippen molar-refractivity contribution in [2.75, 3.05) is 4.90 Å². The molecule has 1 fully saturated rings. The van der Waals surface area contributed by atoms with Crippen LogP contribution in [0.3, 0.4) is 0 Å². The summed E-state index contributed by atoms with van der Waals surface area (Å²) in [6, 6.07) is 26.9. The standard InChI is InChI=1S/C28H25N3O2S/c1-19-13-14-22(15-20(19)2)16-25-27(33)31(23-11-7-4-8-12-23)28(34-25)24(17-29)26(32)30-18-21-9-5-3-6-10-21/h3-15,25H,16,18H2,1-2H3,(H,30,32)/b28-24+/t25-/m0/s1. The molecule has 3 aromatic rings. The number of benzene rings is 3. The van der Waals surface area contributed by atoms with E-state index < -0.39 is 11.2 Å². The van der Waals surface area contributed by atoms with Gasteiger partial charge < -0.3 is 5.32 Å². The topological polar surface area (TPSA) is 73.2 Å². The summed E-state index contributed by atoms with van der Waals surface area (Å²) in [5.41, 5.74) is 4.93. The molecule has 170 valence electrons. The van der Waals surface area contributed by atoms with Crippen molar-refractivity contribution in [3.8, 4) is 6.07 Å². The molecule has 1 N–H and O–H groups in total. The van der Waals surface area contributed by atoms with E-state index in [1.807, 2.05) is 66.7 Å². The first kappa shape index (κ1) is 23.3. The van der Waals surface area contributed by atoms with Crippen LogP contribution in [0.25, 0.3) is 0 Å². The average molecular weight is 468 g/mol. The van der Waals surface area contributed by atoms with Crippen LogP contribution in [0.5, 0.6) is 0 Å². The number of rotatable bonds is 6. The number of carbonyl (C=O) groups excluding carboxylic acids is 2. The summed E-state index contributed by atoms with van der Waals surface area (Å²) in [7, 11) is 0. The van der Waals surface area contributed by atoms with E-state index in [2.05, 4.69) is 37.4 Å². The Morgan fingerprint density at radius 1 is 0.971 bits per heavy atom. The number of amides is 2. The summed E-state index contributed by atoms with van der Waals surface area (Å²) >= 11 is 1.28. The monoisotopic (exact) mass is 467 g/mol. The minimum Gasteiger partial charge on any atom is -0.347 e. The zero-order valence-electron chi connectivity index (χ0n) is 19.1. The molecule has 6 heteroatoms. The fourth-order valence-electron chi connectivity index (χ4n) is 3.81. The van der Waals surface area contributed by atoms with E-state index >= 15 is 0 Å². The Morgan fingerprint density at radius 2 is 1.65 bits per heavy atom. The van der Waals surface area contributed by atoms with E-state index in [9.17, 15) is 14.9 Å². The Balaban J connectivity index is 1.66. The normalized spacial score (nSPS) is 16.8. The van der Waals surface area contributed by atoms with E-state index in [-0.39, 0.29) is 11.5 Å². The number of anilines is 1. The predicted octanol–water partition coefficient (Wildman–Crippen LogP) is 5.05. The summed E-state index contributed by atoms with van der Waals surface area (Å²) in [4.78, 5) is 28.1. The zero-order chi connectivity index (χ0) is 24.1. The highest BCUT2D eigenvalue weighted by atomic mass is 32.2. The zero-order valence-corrected chi connectivity index (χ0v) is 19.9. The SMILES string of the molecule is Cc1ccc(C[C@@H]2S/C(=C(\C#N)C(=O)NCc3ccccc3)N(c3ccccc3)C2=O)cc1C. The lowest BCUT2D eigenvalue weighted by Crippen LogP contribution is -2.32. The first-order valence-electron chi connectivity index (χ1n) is 11.1. The molecule has 0 bridgehead atoms. The van der Waals surface area contributed by atoms with Gasteiger partial charge in [0, 0.05) is 12.2 Å². The minimum absolute atomic E-state index is 0.0549. The van der Waals surface area contributed by atoms with Crippen molar-refractivity contribution in [3.05, 3.63) is 112 Å². The van der Waals surface area contributed by atoms with E-state index in [4.69, 9.17) is 0 Å². The number of carbonyl (C=O) groups is 2. The van der Waals surface area contributed by atoms with Crippen LogP contribution in [0, 0.1) is 25.2 Å². The lowest BCUT2D eigenvalue weighted by atomic mass is 10.0. The van der Waals surface area contributed by atoms with E-state index in [1.165, 1.54) is 27.8 Å². The van der Waals surface area contributed by atoms with Gasteiger partial charge in [0.05, 0.1) is 5.25 Å². The minimum atomic E-state index is -0.491. The summed E-state index contributed by atoms with van der Waals surface area (Å²) < 4.78 is 0. The molecule has 0 unspecified atom stereocenters. The number of nitrogens with one attached hydrogen (secondary N) is 1. The fraction of sp³-hybridized carbons (Fsp3) is 0.179. The van der Waals surface area contributed by atoms with Gasteiger partial charge in [-0.2, -0.15) is 5.26 Å². The molecule has 0 radical (unpaired) electrons. The van der Waals surface area contributed by atoms with Crippen molar-refractivity contribution in [2.24, 2.45) is 0 Å². The van der Waals surface area contributed by atoms with Crippen LogP contribution in [-0.2, 0) is 22.6 Å². The highest BCUT2D eigenvalue weighted by molar-refractivity contribution is 8.05. The van der Waals surface area contributed by atoms with Gasteiger partial charge in [-0.15, -0.1) is 0 Å². The van der Waals surface area contributed by atoms with E-state index in [0.29, 0.717) is 23.7 Å². The van der Waals surface area contributed by atoms with Crippen molar-refractivity contribution < 1.29 is 9.59 Å². The molecule has 0 aliphatic carbocycles. The van der Waals surface area contributed by atoms with Gasteiger partial charge in [-0.3, -0.25) is 14.5 Å². The van der Waals surface area contributed by atoms with E-state index in [0.717, 1.165) is 11.1 Å². The molecule has 4 rings (SSSR count). The molecule has 1 aliphatic heterocycles. The third-order valence-corrected chi connectivity index (χ3v) is 7.07. The van der Waals surface area contributed by atoms with Crippen LogP contribution in [0.1, 0.15) is 22.3 Å². The fourth-order valence-corrected chi connectivity index (χ4v) is 5.12. The maximum Gasteiger partial charge on any atom is 0.264 e. The molecule has 34 heavy (non-hydrogen) atoms. The molecule has 0 aromatic heterocycles. The number of para-hydroxylation sites is 1. The number of nitrogens with zero attached hydrogens (tertiary/aromatic N) is 2. The van der Waals surface area contributed by atoms with Gasteiger partial charge in [-0.05, 0) is 54.7 Å². The van der Waals surface area contributed by atoms with Crippen molar-refractivity contribution in [1.82, 2.24) is 5.32 Å². The van der Waals surface area contributed by atoms with Crippen molar-refractivity contribution in [3.63, 3.8) is 0 Å². The Hall–Kier alpha value is -3.82. The van der Waals surface area contributed by atoms with Crippen LogP contribution in [0.2, 0.25) is 0 Å². The number of hydrogen-bond donors (Lipinski definition) is 1. The molecule has 3 aromatic carbocycles. The lowest BCUT2D eigenvalue weighted by molar-refractivity contribution is -0.117. The maximum atomic E-state index is 13.5. The van der Waals surface area contributed by atoms with E-state index in [1.54, 1.807) is 0 Å². The van der Waals surface area contributed by atoms with Gasteiger partial charge in [0.2, 0.25) is 5.91 Å². The van der Waals surface area contributed by atoms with Crippen LogP contribution < -0.4 is 10.2 Å². The molecule has 1 saturated heterocycles. The van der Waals surface area contributed by atoms with Gasteiger partial charge in [0.15, 0.2) is 0 Å². The quantitative estimate of drug-likeness (QED) is 0.407. The van der Waals surface area contributed by atoms with Crippen LogP contribution >= 0.6 is 11.8 Å². The summed E-state index contributed by atoms with van der Waals surface area (Å²) in [5, 5.41) is 12.7. The highest BCUT2D eigenvalue weighted by Gasteiger charge is 2.40. The second-order valence-electron chi connectivity index (χ2n) is 8.20. The molecular weight excluding hydrogens is 442 g/mol. The first-order valence-corrected chi connectivity index (χ1v) is 11.9. The predicted molar refractivity (Wildman–Crippen MR) is 136 cm³/mol.